The summed E-state index contributed by atoms with van der Waals surface area (Å²) >= 11 is 0. The standard InChI is InChI=1S/C14H17N/c1-11(2)3-4-12-5-6-13-7-8-15-10-14(13)9-12/h5-6,9,11,15H,7-8,10H2,1-2H3. The van der Waals surface area contributed by atoms with Gasteiger partial charge in [0.25, 0.3) is 0 Å². The minimum Gasteiger partial charge on any atom is -0.312 e. The Morgan fingerprint density at radius 2 is 2.13 bits per heavy atom. The topological polar surface area (TPSA) is 12.0 Å². The number of fused-ring (bicyclic) bond motifs is 1. The van der Waals surface area contributed by atoms with Crippen molar-refractivity contribution in [2.75, 3.05) is 6.54 Å². The fraction of sp³-hybridized carbons (Fsp3) is 0.429. The molecule has 2 rings (SSSR count). The zero-order valence-electron chi connectivity index (χ0n) is 9.43. The lowest BCUT2D eigenvalue weighted by atomic mass is 9.98. The van der Waals surface area contributed by atoms with E-state index in [0.29, 0.717) is 5.92 Å². The first-order chi connectivity index (χ1) is 7.25. The molecule has 0 saturated heterocycles. The van der Waals surface area contributed by atoms with Crippen LogP contribution in [0.5, 0.6) is 0 Å². The van der Waals surface area contributed by atoms with Crippen molar-refractivity contribution in [1.29, 1.82) is 0 Å². The molecule has 0 amide bonds. The summed E-state index contributed by atoms with van der Waals surface area (Å²) in [7, 11) is 0. The summed E-state index contributed by atoms with van der Waals surface area (Å²) in [6, 6.07) is 6.58. The predicted molar refractivity (Wildman–Crippen MR) is 63.6 cm³/mol. The van der Waals surface area contributed by atoms with Gasteiger partial charge in [0, 0.05) is 18.0 Å². The minimum atomic E-state index is 0.444. The molecule has 0 bridgehead atoms. The zero-order valence-corrected chi connectivity index (χ0v) is 9.43. The lowest BCUT2D eigenvalue weighted by molar-refractivity contribution is 0.643. The Bertz CT molecular complexity index is 407. The maximum Gasteiger partial charge on any atom is 0.0248 e. The SMILES string of the molecule is CC(C)C#Cc1ccc2c(c1)CNCC2. The van der Waals surface area contributed by atoms with Crippen LogP contribution in [-0.4, -0.2) is 6.54 Å². The second-order valence-corrected chi connectivity index (χ2v) is 4.33. The van der Waals surface area contributed by atoms with Crippen molar-refractivity contribution < 1.29 is 0 Å². The second-order valence-electron chi connectivity index (χ2n) is 4.33. The number of nitrogens with one attached hydrogen (secondary N) is 1. The maximum absolute atomic E-state index is 3.38. The Morgan fingerprint density at radius 1 is 1.27 bits per heavy atom. The molecule has 1 heterocycles. The van der Waals surface area contributed by atoms with Crippen LogP contribution in [0.1, 0.15) is 30.5 Å². The number of benzene rings is 1. The van der Waals surface area contributed by atoms with Crippen molar-refractivity contribution in [1.82, 2.24) is 5.32 Å². The highest BCUT2D eigenvalue weighted by atomic mass is 14.9. The van der Waals surface area contributed by atoms with Gasteiger partial charge in [-0.15, -0.1) is 0 Å². The molecule has 0 fully saturated rings. The summed E-state index contributed by atoms with van der Waals surface area (Å²) in [4.78, 5) is 0. The molecule has 1 aromatic carbocycles. The molecule has 0 atom stereocenters. The van der Waals surface area contributed by atoms with E-state index in [1.807, 2.05) is 0 Å². The molecule has 0 aliphatic carbocycles. The molecule has 0 unspecified atom stereocenters. The monoisotopic (exact) mass is 199 g/mol. The van der Waals surface area contributed by atoms with Gasteiger partial charge in [0.15, 0.2) is 0 Å². The summed E-state index contributed by atoms with van der Waals surface area (Å²) < 4.78 is 0. The third-order valence-electron chi connectivity index (χ3n) is 2.60. The fourth-order valence-corrected chi connectivity index (χ4v) is 1.79. The summed E-state index contributed by atoms with van der Waals surface area (Å²) in [5.74, 6) is 6.86. The Kier molecular flexibility index (Phi) is 3.08. The van der Waals surface area contributed by atoms with Gasteiger partial charge in [-0.1, -0.05) is 31.8 Å². The van der Waals surface area contributed by atoms with Crippen LogP contribution in [0.2, 0.25) is 0 Å². The quantitative estimate of drug-likeness (QED) is 0.632. The highest BCUT2D eigenvalue weighted by Gasteiger charge is 2.07. The van der Waals surface area contributed by atoms with Crippen LogP contribution in [-0.2, 0) is 13.0 Å². The minimum absolute atomic E-state index is 0.444. The third kappa shape index (κ3) is 2.61. The maximum atomic E-state index is 3.38. The van der Waals surface area contributed by atoms with E-state index in [2.05, 4.69) is 49.2 Å². The first-order valence-corrected chi connectivity index (χ1v) is 5.60. The van der Waals surface area contributed by atoms with E-state index in [9.17, 15) is 0 Å². The molecule has 0 saturated carbocycles. The molecule has 78 valence electrons. The van der Waals surface area contributed by atoms with E-state index in [1.165, 1.54) is 11.1 Å². The summed E-state index contributed by atoms with van der Waals surface area (Å²) in [5.41, 5.74) is 4.03. The molecule has 0 aromatic heterocycles. The average Bonchev–Trinajstić information content (AvgIpc) is 2.26. The van der Waals surface area contributed by atoms with Gasteiger partial charge < -0.3 is 5.32 Å². The Balaban J connectivity index is 2.25. The van der Waals surface area contributed by atoms with Crippen molar-refractivity contribution in [2.45, 2.75) is 26.8 Å². The predicted octanol–water partition coefficient (Wildman–Crippen LogP) is 2.34. The summed E-state index contributed by atoms with van der Waals surface area (Å²) in [6.07, 6.45) is 1.15. The van der Waals surface area contributed by atoms with E-state index >= 15 is 0 Å². The normalized spacial score (nSPS) is 14.3. The van der Waals surface area contributed by atoms with E-state index < -0.39 is 0 Å². The number of hydrogen-bond acceptors (Lipinski definition) is 1. The van der Waals surface area contributed by atoms with Crippen LogP contribution in [0, 0.1) is 17.8 Å². The highest BCUT2D eigenvalue weighted by molar-refractivity contribution is 5.42. The largest absolute Gasteiger partial charge is 0.312 e. The number of hydrogen-bond donors (Lipinski definition) is 1. The smallest absolute Gasteiger partial charge is 0.0248 e. The average molecular weight is 199 g/mol. The Morgan fingerprint density at radius 3 is 2.93 bits per heavy atom. The van der Waals surface area contributed by atoms with Crippen molar-refractivity contribution in [2.24, 2.45) is 5.92 Å². The summed E-state index contributed by atoms with van der Waals surface area (Å²) in [6.45, 7) is 6.33. The van der Waals surface area contributed by atoms with Gasteiger partial charge in [0.05, 0.1) is 0 Å². The first-order valence-electron chi connectivity index (χ1n) is 5.60. The van der Waals surface area contributed by atoms with Crippen molar-refractivity contribution in [3.63, 3.8) is 0 Å². The summed E-state index contributed by atoms with van der Waals surface area (Å²) in [5, 5.41) is 3.38. The molecule has 1 aliphatic rings. The molecular formula is C14H17N. The fourth-order valence-electron chi connectivity index (χ4n) is 1.79. The Labute approximate surface area is 91.9 Å². The molecule has 1 heteroatoms. The lowest BCUT2D eigenvalue weighted by Gasteiger charge is -2.16. The Hall–Kier alpha value is -1.26. The zero-order chi connectivity index (χ0) is 10.7. The first kappa shape index (κ1) is 10.3. The van der Waals surface area contributed by atoms with E-state index in [1.54, 1.807) is 0 Å². The molecule has 0 radical (unpaired) electrons. The van der Waals surface area contributed by atoms with Crippen LogP contribution in [0.4, 0.5) is 0 Å². The van der Waals surface area contributed by atoms with Crippen LogP contribution < -0.4 is 5.32 Å². The van der Waals surface area contributed by atoms with Crippen LogP contribution in [0.3, 0.4) is 0 Å². The van der Waals surface area contributed by atoms with Gasteiger partial charge in [0.1, 0.15) is 0 Å². The van der Waals surface area contributed by atoms with E-state index in [4.69, 9.17) is 0 Å². The van der Waals surface area contributed by atoms with Crippen molar-refractivity contribution in [3.8, 4) is 11.8 Å². The third-order valence-corrected chi connectivity index (χ3v) is 2.60. The highest BCUT2D eigenvalue weighted by Crippen LogP contribution is 2.15. The van der Waals surface area contributed by atoms with Gasteiger partial charge in [-0.3, -0.25) is 0 Å². The lowest BCUT2D eigenvalue weighted by Crippen LogP contribution is -2.23. The molecule has 1 aromatic rings. The molecule has 1 N–H and O–H groups in total. The van der Waals surface area contributed by atoms with Crippen LogP contribution >= 0.6 is 0 Å². The van der Waals surface area contributed by atoms with Gasteiger partial charge in [-0.25, -0.2) is 0 Å². The van der Waals surface area contributed by atoms with Crippen molar-refractivity contribution >= 4 is 0 Å². The second kappa shape index (κ2) is 4.51. The number of rotatable bonds is 0. The van der Waals surface area contributed by atoms with Crippen molar-refractivity contribution in [3.05, 3.63) is 34.9 Å². The van der Waals surface area contributed by atoms with Gasteiger partial charge in [-0.2, -0.15) is 0 Å². The van der Waals surface area contributed by atoms with Gasteiger partial charge >= 0.3 is 0 Å². The molecule has 1 aliphatic heterocycles. The molecule has 15 heavy (non-hydrogen) atoms. The van der Waals surface area contributed by atoms with Crippen LogP contribution in [0.25, 0.3) is 0 Å². The van der Waals surface area contributed by atoms with E-state index in [-0.39, 0.29) is 0 Å². The van der Waals surface area contributed by atoms with Crippen LogP contribution in [0.15, 0.2) is 18.2 Å². The van der Waals surface area contributed by atoms with E-state index in [0.717, 1.165) is 25.1 Å². The molecule has 1 nitrogen and oxygen atoms in total. The molecular weight excluding hydrogens is 182 g/mol. The molecule has 0 spiro atoms. The van der Waals surface area contributed by atoms with Gasteiger partial charge in [0.2, 0.25) is 0 Å². The van der Waals surface area contributed by atoms with Gasteiger partial charge in [-0.05, 0) is 36.2 Å².